The summed E-state index contributed by atoms with van der Waals surface area (Å²) < 4.78 is 7.46. The number of aliphatic hydroxyl groups is 3. The van der Waals surface area contributed by atoms with Gasteiger partial charge in [0, 0.05) is 0 Å². The molecule has 0 aliphatic carbocycles. The number of rotatable bonds is 2. The molecule has 8 nitrogen and oxygen atoms in total. The molecule has 1 fully saturated rings. The van der Waals surface area contributed by atoms with E-state index in [1.807, 2.05) is 0 Å². The second-order valence-electron chi connectivity index (χ2n) is 4.22. The predicted molar refractivity (Wildman–Crippen MR) is 66.0 cm³/mol. The van der Waals surface area contributed by atoms with Gasteiger partial charge in [0.15, 0.2) is 11.9 Å². The highest BCUT2D eigenvalue weighted by atomic mass is 79.9. The van der Waals surface area contributed by atoms with Gasteiger partial charge in [-0.2, -0.15) is 0 Å². The van der Waals surface area contributed by atoms with Crippen LogP contribution in [0.1, 0.15) is 6.23 Å². The van der Waals surface area contributed by atoms with Crippen LogP contribution in [0.2, 0.25) is 0 Å². The van der Waals surface area contributed by atoms with Crippen LogP contribution < -0.4 is 0 Å². The third-order valence-corrected chi connectivity index (χ3v) is 3.69. The summed E-state index contributed by atoms with van der Waals surface area (Å²) in [5, 5.41) is 28.8. The molecule has 2 aromatic heterocycles. The molecule has 102 valence electrons. The van der Waals surface area contributed by atoms with Gasteiger partial charge in [-0.3, -0.25) is 4.57 Å². The van der Waals surface area contributed by atoms with E-state index in [0.717, 1.165) is 0 Å². The molecule has 0 unspecified atom stereocenters. The van der Waals surface area contributed by atoms with Gasteiger partial charge in [-0.15, -0.1) is 0 Å². The average molecular weight is 331 g/mol. The summed E-state index contributed by atoms with van der Waals surface area (Å²) in [4.78, 5) is 12.2. The van der Waals surface area contributed by atoms with Gasteiger partial charge < -0.3 is 20.1 Å². The van der Waals surface area contributed by atoms with E-state index in [4.69, 9.17) is 9.84 Å². The van der Waals surface area contributed by atoms with Crippen LogP contribution in [-0.4, -0.2) is 59.8 Å². The lowest BCUT2D eigenvalue weighted by atomic mass is 10.1. The van der Waals surface area contributed by atoms with E-state index in [2.05, 4.69) is 30.9 Å². The highest BCUT2D eigenvalue weighted by Gasteiger charge is 2.43. The summed E-state index contributed by atoms with van der Waals surface area (Å²) in [5.41, 5.74) is 0.997. The van der Waals surface area contributed by atoms with Crippen LogP contribution in [0.3, 0.4) is 0 Å². The van der Waals surface area contributed by atoms with Crippen molar-refractivity contribution in [2.45, 2.75) is 24.5 Å². The van der Waals surface area contributed by atoms with Crippen LogP contribution in [-0.2, 0) is 4.74 Å². The predicted octanol–water partition coefficient (Wildman–Crippen LogP) is -0.800. The minimum absolute atomic E-state index is 0.375. The molecule has 2 aromatic rings. The maximum atomic E-state index is 9.97. The van der Waals surface area contributed by atoms with E-state index in [-0.39, 0.29) is 6.61 Å². The molecule has 0 saturated carbocycles. The van der Waals surface area contributed by atoms with Gasteiger partial charge in [-0.1, -0.05) is 0 Å². The molecule has 0 amide bonds. The van der Waals surface area contributed by atoms with Crippen molar-refractivity contribution in [3.63, 3.8) is 0 Å². The smallest absolute Gasteiger partial charge is 0.166 e. The molecule has 0 spiro atoms. The number of aromatic nitrogens is 4. The summed E-state index contributed by atoms with van der Waals surface area (Å²) in [6, 6.07) is 0. The van der Waals surface area contributed by atoms with Crippen LogP contribution in [0.15, 0.2) is 17.3 Å². The van der Waals surface area contributed by atoms with Crippen LogP contribution >= 0.6 is 15.9 Å². The summed E-state index contributed by atoms with van der Waals surface area (Å²) >= 11 is 3.25. The zero-order chi connectivity index (χ0) is 13.6. The van der Waals surface area contributed by atoms with E-state index in [1.165, 1.54) is 17.2 Å². The fourth-order valence-corrected chi connectivity index (χ4v) is 2.49. The summed E-state index contributed by atoms with van der Waals surface area (Å²) in [6.45, 7) is -0.375. The monoisotopic (exact) mass is 330 g/mol. The minimum atomic E-state index is -1.16. The van der Waals surface area contributed by atoms with Gasteiger partial charge in [0.1, 0.15) is 34.8 Å². The lowest BCUT2D eigenvalue weighted by Crippen LogP contribution is -2.33. The van der Waals surface area contributed by atoms with Gasteiger partial charge in [0.25, 0.3) is 0 Å². The molecule has 4 atom stereocenters. The SMILES string of the molecule is OC[C@H]1O[C@@H](n2cnc3c(Br)ncnc32)[C@H](O)[C@@H]1O. The van der Waals surface area contributed by atoms with E-state index in [1.54, 1.807) is 0 Å². The minimum Gasteiger partial charge on any atom is -0.394 e. The van der Waals surface area contributed by atoms with Gasteiger partial charge >= 0.3 is 0 Å². The maximum absolute atomic E-state index is 9.97. The van der Waals surface area contributed by atoms with Crippen molar-refractivity contribution in [2.75, 3.05) is 6.61 Å². The summed E-state index contributed by atoms with van der Waals surface area (Å²) in [6.07, 6.45) is -1.20. The van der Waals surface area contributed by atoms with Gasteiger partial charge in [0.2, 0.25) is 0 Å². The number of aliphatic hydroxyl groups excluding tert-OH is 3. The molecule has 19 heavy (non-hydrogen) atoms. The first-order valence-corrected chi connectivity index (χ1v) is 6.38. The third kappa shape index (κ3) is 1.94. The number of fused-ring (bicyclic) bond motifs is 1. The molecule has 3 rings (SSSR count). The molecule has 3 heterocycles. The first kappa shape index (κ1) is 12.9. The molecule has 0 aromatic carbocycles. The molecular formula is C10H11BrN4O4. The van der Waals surface area contributed by atoms with Crippen LogP contribution in [0.25, 0.3) is 11.2 Å². The number of hydrogen-bond acceptors (Lipinski definition) is 7. The molecule has 3 N–H and O–H groups in total. The Kier molecular flexibility index (Phi) is 3.23. The first-order valence-electron chi connectivity index (χ1n) is 5.59. The highest BCUT2D eigenvalue weighted by molar-refractivity contribution is 9.10. The Labute approximate surface area is 115 Å². The average Bonchev–Trinajstić information content (AvgIpc) is 2.94. The Morgan fingerprint density at radius 1 is 1.26 bits per heavy atom. The number of halogens is 1. The molecule has 1 aliphatic rings. The molecule has 1 saturated heterocycles. The largest absolute Gasteiger partial charge is 0.394 e. The summed E-state index contributed by atoms with van der Waals surface area (Å²) in [7, 11) is 0. The van der Waals surface area contributed by atoms with Crippen LogP contribution in [0.5, 0.6) is 0 Å². The second kappa shape index (κ2) is 4.76. The standard InChI is InChI=1S/C10H11BrN4O4/c11-8-5-9(13-2-12-8)15(3-14-5)10-7(18)6(17)4(1-16)19-10/h2-4,6-7,10,16-18H,1H2/t4-,6-,7-,10-/m1/s1. The second-order valence-corrected chi connectivity index (χ2v) is 4.97. The number of ether oxygens (including phenoxy) is 1. The molecule has 9 heteroatoms. The summed E-state index contributed by atoms with van der Waals surface area (Å²) in [5.74, 6) is 0. The van der Waals surface area contributed by atoms with Gasteiger partial charge in [-0.05, 0) is 15.9 Å². The Balaban J connectivity index is 2.04. The maximum Gasteiger partial charge on any atom is 0.166 e. The van der Waals surface area contributed by atoms with Crippen molar-refractivity contribution in [1.82, 2.24) is 19.5 Å². The Hall–Kier alpha value is -1.13. The molecule has 1 aliphatic heterocycles. The van der Waals surface area contributed by atoms with Gasteiger partial charge in [0.05, 0.1) is 12.9 Å². The van der Waals surface area contributed by atoms with Crippen molar-refractivity contribution in [3.8, 4) is 0 Å². The molecule has 0 bridgehead atoms. The van der Waals surface area contributed by atoms with Crippen molar-refractivity contribution in [3.05, 3.63) is 17.3 Å². The fourth-order valence-electron chi connectivity index (χ4n) is 2.12. The van der Waals surface area contributed by atoms with E-state index in [0.29, 0.717) is 15.8 Å². The lowest BCUT2D eigenvalue weighted by Gasteiger charge is -2.16. The lowest BCUT2D eigenvalue weighted by molar-refractivity contribution is -0.0511. The number of imidazole rings is 1. The normalized spacial score (nSPS) is 31.2. The molecular weight excluding hydrogens is 320 g/mol. The van der Waals surface area contributed by atoms with E-state index < -0.39 is 24.5 Å². The molecule has 0 radical (unpaired) electrons. The van der Waals surface area contributed by atoms with Crippen LogP contribution in [0, 0.1) is 0 Å². The van der Waals surface area contributed by atoms with E-state index in [9.17, 15) is 10.2 Å². The number of nitrogens with zero attached hydrogens (tertiary/aromatic N) is 4. The van der Waals surface area contributed by atoms with Crippen molar-refractivity contribution < 1.29 is 20.1 Å². The highest BCUT2D eigenvalue weighted by Crippen LogP contribution is 2.31. The van der Waals surface area contributed by atoms with Crippen molar-refractivity contribution in [2.24, 2.45) is 0 Å². The number of hydrogen-bond donors (Lipinski definition) is 3. The van der Waals surface area contributed by atoms with Gasteiger partial charge in [-0.25, -0.2) is 15.0 Å². The zero-order valence-corrected chi connectivity index (χ0v) is 11.2. The Morgan fingerprint density at radius 3 is 2.74 bits per heavy atom. The van der Waals surface area contributed by atoms with Crippen LogP contribution in [0.4, 0.5) is 0 Å². The van der Waals surface area contributed by atoms with Crippen molar-refractivity contribution >= 4 is 27.1 Å². The quantitative estimate of drug-likeness (QED) is 0.618. The Bertz CT molecular complexity index is 606. The fraction of sp³-hybridized carbons (Fsp3) is 0.500. The third-order valence-electron chi connectivity index (χ3n) is 3.11. The Morgan fingerprint density at radius 2 is 2.05 bits per heavy atom. The topological polar surface area (TPSA) is 114 Å². The zero-order valence-electron chi connectivity index (χ0n) is 9.59. The van der Waals surface area contributed by atoms with Crippen molar-refractivity contribution in [1.29, 1.82) is 0 Å². The van der Waals surface area contributed by atoms with E-state index >= 15 is 0 Å². The first-order chi connectivity index (χ1) is 9.13.